The van der Waals surface area contributed by atoms with E-state index in [0.29, 0.717) is 18.4 Å². The van der Waals surface area contributed by atoms with E-state index in [9.17, 15) is 5.11 Å². The fraction of sp³-hybridized carbons (Fsp3) is 0.818. The average Bonchev–Trinajstić information content (AvgIpc) is 2.61. The highest BCUT2D eigenvalue weighted by atomic mass is 16.7. The molecule has 2 heterocycles. The van der Waals surface area contributed by atoms with Gasteiger partial charge < -0.3 is 14.6 Å². The molecule has 0 spiro atoms. The van der Waals surface area contributed by atoms with E-state index in [0.717, 1.165) is 12.8 Å². The van der Waals surface area contributed by atoms with Crippen molar-refractivity contribution in [1.82, 2.24) is 0 Å². The first-order valence-electron chi connectivity index (χ1n) is 5.36. The summed E-state index contributed by atoms with van der Waals surface area (Å²) >= 11 is 0. The van der Waals surface area contributed by atoms with Crippen molar-refractivity contribution in [3.8, 4) is 0 Å². The highest BCUT2D eigenvalue weighted by Crippen LogP contribution is 2.43. The minimum atomic E-state index is -0.428. The van der Waals surface area contributed by atoms with E-state index in [-0.39, 0.29) is 12.4 Å². The van der Waals surface area contributed by atoms with Gasteiger partial charge in [0.15, 0.2) is 6.29 Å². The molecule has 2 saturated heterocycles. The van der Waals surface area contributed by atoms with Gasteiger partial charge in [0.05, 0.1) is 12.7 Å². The molecule has 1 N–H and O–H groups in total. The standard InChI is InChI=1S/C11H16O3/c1-6-2-3-7-8(4-6)10(12)11-13-5-9(7)14-11/h2,7-12H,3-5H2,1H3/t7-,8-,9-,10+,11-/m0/s1. The summed E-state index contributed by atoms with van der Waals surface area (Å²) in [5.41, 5.74) is 1.40. The molecule has 1 aliphatic carbocycles. The highest BCUT2D eigenvalue weighted by molar-refractivity contribution is 5.10. The number of aliphatic hydroxyl groups is 1. The second kappa shape index (κ2) is 3.05. The molecule has 0 aromatic rings. The van der Waals surface area contributed by atoms with E-state index < -0.39 is 6.10 Å². The SMILES string of the molecule is CC1=CC[C@H]2[C@H](C1)[C@@H](O)[C@H]1OC[C@@H]2O1. The number of aliphatic hydroxyl groups excluding tert-OH is 1. The molecule has 0 saturated carbocycles. The van der Waals surface area contributed by atoms with Crippen LogP contribution in [0.15, 0.2) is 11.6 Å². The summed E-state index contributed by atoms with van der Waals surface area (Å²) in [7, 11) is 0. The van der Waals surface area contributed by atoms with E-state index in [2.05, 4.69) is 13.0 Å². The molecule has 3 nitrogen and oxygen atoms in total. The molecule has 14 heavy (non-hydrogen) atoms. The molecule has 0 radical (unpaired) electrons. The number of hydrogen-bond donors (Lipinski definition) is 1. The predicted molar refractivity (Wildman–Crippen MR) is 50.6 cm³/mol. The first-order valence-corrected chi connectivity index (χ1v) is 5.36. The van der Waals surface area contributed by atoms with E-state index in [4.69, 9.17) is 9.47 Å². The van der Waals surface area contributed by atoms with Crippen LogP contribution < -0.4 is 0 Å². The smallest absolute Gasteiger partial charge is 0.184 e. The summed E-state index contributed by atoms with van der Waals surface area (Å²) in [6.07, 6.45) is 3.75. The number of hydrogen-bond acceptors (Lipinski definition) is 3. The molecule has 0 aromatic carbocycles. The van der Waals surface area contributed by atoms with Crippen LogP contribution in [0, 0.1) is 11.8 Å². The Hall–Kier alpha value is -0.380. The minimum absolute atomic E-state index is 0.220. The van der Waals surface area contributed by atoms with Gasteiger partial charge in [-0.15, -0.1) is 0 Å². The normalized spacial score (nSPS) is 51.3. The third-order valence-corrected chi connectivity index (χ3v) is 3.77. The summed E-state index contributed by atoms with van der Waals surface area (Å²) in [4.78, 5) is 0. The van der Waals surface area contributed by atoms with Gasteiger partial charge in [-0.25, -0.2) is 0 Å². The summed E-state index contributed by atoms with van der Waals surface area (Å²) in [5, 5.41) is 10.0. The topological polar surface area (TPSA) is 38.7 Å². The summed E-state index contributed by atoms with van der Waals surface area (Å²) < 4.78 is 11.0. The molecule has 3 heteroatoms. The molecule has 2 aliphatic heterocycles. The Bertz CT molecular complexity index is 274. The zero-order valence-corrected chi connectivity index (χ0v) is 8.35. The third-order valence-electron chi connectivity index (χ3n) is 3.77. The van der Waals surface area contributed by atoms with Gasteiger partial charge in [0.25, 0.3) is 0 Å². The van der Waals surface area contributed by atoms with Crippen LogP contribution in [0.2, 0.25) is 0 Å². The molecule has 78 valence electrons. The van der Waals surface area contributed by atoms with Crippen LogP contribution in [-0.4, -0.2) is 30.2 Å². The Morgan fingerprint density at radius 3 is 3.14 bits per heavy atom. The lowest BCUT2D eigenvalue weighted by molar-refractivity contribution is -0.194. The summed E-state index contributed by atoms with van der Waals surface area (Å²) in [6.45, 7) is 2.80. The fourth-order valence-electron chi connectivity index (χ4n) is 2.97. The van der Waals surface area contributed by atoms with Crippen LogP contribution in [-0.2, 0) is 9.47 Å². The third kappa shape index (κ3) is 1.16. The molecule has 0 amide bonds. The number of ether oxygens (including phenoxy) is 2. The Balaban J connectivity index is 1.89. The Labute approximate surface area is 83.7 Å². The van der Waals surface area contributed by atoms with Crippen LogP contribution in [0.25, 0.3) is 0 Å². The maximum atomic E-state index is 10.0. The van der Waals surface area contributed by atoms with Crippen molar-refractivity contribution in [2.24, 2.45) is 11.8 Å². The Kier molecular flexibility index (Phi) is 1.94. The quantitative estimate of drug-likeness (QED) is 0.589. The van der Waals surface area contributed by atoms with Gasteiger partial charge in [-0.2, -0.15) is 0 Å². The van der Waals surface area contributed by atoms with Crippen molar-refractivity contribution < 1.29 is 14.6 Å². The summed E-state index contributed by atoms with van der Waals surface area (Å²) in [5.74, 6) is 0.818. The van der Waals surface area contributed by atoms with Crippen molar-refractivity contribution in [3.05, 3.63) is 11.6 Å². The molecule has 5 atom stereocenters. The maximum absolute atomic E-state index is 10.0. The molecule has 2 fully saturated rings. The van der Waals surface area contributed by atoms with Gasteiger partial charge in [-0.1, -0.05) is 11.6 Å². The average molecular weight is 196 g/mol. The molecular weight excluding hydrogens is 180 g/mol. The molecular formula is C11H16O3. The lowest BCUT2D eigenvalue weighted by Gasteiger charge is -2.41. The van der Waals surface area contributed by atoms with Gasteiger partial charge in [0.1, 0.15) is 6.10 Å². The highest BCUT2D eigenvalue weighted by Gasteiger charge is 2.49. The first-order chi connectivity index (χ1) is 6.75. The van der Waals surface area contributed by atoms with Gasteiger partial charge >= 0.3 is 0 Å². The van der Waals surface area contributed by atoms with E-state index in [1.165, 1.54) is 5.57 Å². The fourth-order valence-corrected chi connectivity index (χ4v) is 2.97. The second-order valence-electron chi connectivity index (χ2n) is 4.68. The van der Waals surface area contributed by atoms with Crippen molar-refractivity contribution in [2.75, 3.05) is 6.61 Å². The van der Waals surface area contributed by atoms with Crippen molar-refractivity contribution in [2.45, 2.75) is 38.3 Å². The van der Waals surface area contributed by atoms with Gasteiger partial charge in [0, 0.05) is 0 Å². The van der Waals surface area contributed by atoms with Crippen molar-refractivity contribution in [3.63, 3.8) is 0 Å². The van der Waals surface area contributed by atoms with E-state index >= 15 is 0 Å². The van der Waals surface area contributed by atoms with E-state index in [1.54, 1.807) is 0 Å². The predicted octanol–water partition coefficient (Wildman–Crippen LogP) is 1.07. The van der Waals surface area contributed by atoms with Crippen molar-refractivity contribution in [1.29, 1.82) is 0 Å². The lowest BCUT2D eigenvalue weighted by Crippen LogP contribution is -2.47. The monoisotopic (exact) mass is 196 g/mol. The Morgan fingerprint density at radius 1 is 1.43 bits per heavy atom. The first kappa shape index (κ1) is 8.89. The zero-order chi connectivity index (χ0) is 9.71. The molecule has 0 aromatic heterocycles. The van der Waals surface area contributed by atoms with E-state index in [1.807, 2.05) is 0 Å². The molecule has 3 aliphatic rings. The van der Waals surface area contributed by atoms with Gasteiger partial charge in [0.2, 0.25) is 0 Å². The van der Waals surface area contributed by atoms with Crippen LogP contribution in [0.1, 0.15) is 19.8 Å². The van der Waals surface area contributed by atoms with Gasteiger partial charge in [-0.05, 0) is 31.6 Å². The zero-order valence-electron chi connectivity index (χ0n) is 8.35. The lowest BCUT2D eigenvalue weighted by atomic mass is 9.73. The molecule has 2 bridgehead atoms. The molecule has 0 unspecified atom stereocenters. The van der Waals surface area contributed by atoms with Crippen molar-refractivity contribution >= 4 is 0 Å². The number of fused-ring (bicyclic) bond motifs is 4. The maximum Gasteiger partial charge on any atom is 0.184 e. The second-order valence-corrected chi connectivity index (χ2v) is 4.68. The minimum Gasteiger partial charge on any atom is -0.388 e. The molecule has 3 rings (SSSR count). The number of allylic oxidation sites excluding steroid dienone is 2. The van der Waals surface area contributed by atoms with Crippen LogP contribution in [0.3, 0.4) is 0 Å². The van der Waals surface area contributed by atoms with Crippen LogP contribution in [0.4, 0.5) is 0 Å². The Morgan fingerprint density at radius 2 is 2.29 bits per heavy atom. The largest absolute Gasteiger partial charge is 0.388 e. The van der Waals surface area contributed by atoms with Gasteiger partial charge in [-0.3, -0.25) is 0 Å². The van der Waals surface area contributed by atoms with Crippen LogP contribution >= 0.6 is 0 Å². The summed E-state index contributed by atoms with van der Waals surface area (Å²) in [6, 6.07) is 0. The number of rotatable bonds is 0. The van der Waals surface area contributed by atoms with Crippen LogP contribution in [0.5, 0.6) is 0 Å².